The molecule has 72 valence electrons. The second-order valence-electron chi connectivity index (χ2n) is 3.65. The van der Waals surface area contributed by atoms with E-state index in [2.05, 4.69) is 19.2 Å². The van der Waals surface area contributed by atoms with Crippen molar-refractivity contribution >= 4 is 10.8 Å². The monoisotopic (exact) mass is 189 g/mol. The first-order valence-corrected chi connectivity index (χ1v) is 6.32. The van der Waals surface area contributed by atoms with Gasteiger partial charge in [-0.25, -0.2) is 0 Å². The van der Waals surface area contributed by atoms with Crippen molar-refractivity contribution in [2.45, 2.75) is 45.2 Å². The van der Waals surface area contributed by atoms with Gasteiger partial charge in [-0.2, -0.15) is 0 Å². The van der Waals surface area contributed by atoms with Crippen LogP contribution in [0.1, 0.15) is 33.1 Å². The first-order valence-electron chi connectivity index (χ1n) is 4.83. The van der Waals surface area contributed by atoms with Crippen molar-refractivity contribution in [1.82, 2.24) is 5.32 Å². The van der Waals surface area contributed by atoms with Crippen molar-refractivity contribution in [2.24, 2.45) is 0 Å². The van der Waals surface area contributed by atoms with Gasteiger partial charge < -0.3 is 5.32 Å². The van der Waals surface area contributed by atoms with E-state index in [1.165, 1.54) is 6.42 Å². The lowest BCUT2D eigenvalue weighted by molar-refractivity contribution is 0.449. The summed E-state index contributed by atoms with van der Waals surface area (Å²) >= 11 is 0. The highest BCUT2D eigenvalue weighted by Crippen LogP contribution is 2.08. The second kappa shape index (κ2) is 4.97. The normalized spacial score (nSPS) is 37.7. The molecule has 1 aliphatic rings. The second-order valence-corrected chi connectivity index (χ2v) is 5.27. The highest BCUT2D eigenvalue weighted by molar-refractivity contribution is 7.85. The van der Waals surface area contributed by atoms with E-state index < -0.39 is 10.8 Å². The molecule has 3 atom stereocenters. The van der Waals surface area contributed by atoms with E-state index in [-0.39, 0.29) is 0 Å². The maximum atomic E-state index is 11.4. The van der Waals surface area contributed by atoms with Gasteiger partial charge in [-0.15, -0.1) is 0 Å². The molecule has 1 saturated heterocycles. The molecule has 1 N–H and O–H groups in total. The van der Waals surface area contributed by atoms with Gasteiger partial charge in [-0.3, -0.25) is 4.21 Å². The largest absolute Gasteiger partial charge is 0.311 e. The number of hydrogen-bond acceptors (Lipinski definition) is 2. The molecule has 0 aromatic carbocycles. The number of hydrogen-bond donors (Lipinski definition) is 1. The molecule has 1 aliphatic heterocycles. The number of rotatable bonds is 2. The smallest absolute Gasteiger partial charge is 0.0388 e. The van der Waals surface area contributed by atoms with Gasteiger partial charge in [0.15, 0.2) is 0 Å². The lowest BCUT2D eigenvalue weighted by Crippen LogP contribution is -2.37. The summed E-state index contributed by atoms with van der Waals surface area (Å²) in [5, 5.41) is 3.52. The first kappa shape index (κ1) is 10.2. The van der Waals surface area contributed by atoms with Gasteiger partial charge >= 0.3 is 0 Å². The van der Waals surface area contributed by atoms with Crippen LogP contribution < -0.4 is 5.32 Å². The fraction of sp³-hybridized carbons (Fsp3) is 1.00. The fourth-order valence-corrected chi connectivity index (χ4v) is 3.16. The summed E-state index contributed by atoms with van der Waals surface area (Å²) in [4.78, 5) is 0. The molecule has 0 spiro atoms. The van der Waals surface area contributed by atoms with Crippen molar-refractivity contribution in [1.29, 1.82) is 0 Å². The molecular formula is C9H19NOS. The molecule has 1 rings (SSSR count). The van der Waals surface area contributed by atoms with Gasteiger partial charge in [0.2, 0.25) is 0 Å². The average Bonchev–Trinajstić information content (AvgIpc) is 2.14. The summed E-state index contributed by atoms with van der Waals surface area (Å²) in [6, 6.07) is 1.04. The zero-order valence-corrected chi connectivity index (χ0v) is 8.82. The van der Waals surface area contributed by atoms with Crippen LogP contribution in [0.2, 0.25) is 0 Å². The molecule has 0 bridgehead atoms. The van der Waals surface area contributed by atoms with Crippen LogP contribution in [0.4, 0.5) is 0 Å². The van der Waals surface area contributed by atoms with Crippen molar-refractivity contribution in [3.63, 3.8) is 0 Å². The summed E-state index contributed by atoms with van der Waals surface area (Å²) in [6.45, 7) is 4.37. The lowest BCUT2D eigenvalue weighted by atomic mass is 10.1. The topological polar surface area (TPSA) is 29.1 Å². The van der Waals surface area contributed by atoms with Crippen molar-refractivity contribution in [2.75, 3.05) is 11.5 Å². The molecule has 12 heavy (non-hydrogen) atoms. The van der Waals surface area contributed by atoms with E-state index in [9.17, 15) is 4.21 Å². The number of nitrogens with one attached hydrogen (secondary N) is 1. The van der Waals surface area contributed by atoms with Gasteiger partial charge in [0, 0.05) is 34.4 Å². The van der Waals surface area contributed by atoms with Crippen LogP contribution in [0.5, 0.6) is 0 Å². The van der Waals surface area contributed by atoms with Crippen LogP contribution in [0.3, 0.4) is 0 Å². The molecule has 0 amide bonds. The maximum Gasteiger partial charge on any atom is 0.0388 e. The molecule has 2 nitrogen and oxygen atoms in total. The predicted octanol–water partition coefficient (Wildman–Crippen LogP) is 1.29. The SMILES string of the molecule is CCCC1CS(=O)CCC(C)N1. The Morgan fingerprint density at radius 1 is 1.58 bits per heavy atom. The Balaban J connectivity index is 2.43. The average molecular weight is 189 g/mol. The highest BCUT2D eigenvalue weighted by atomic mass is 32.2. The van der Waals surface area contributed by atoms with Crippen molar-refractivity contribution in [3.8, 4) is 0 Å². The minimum Gasteiger partial charge on any atom is -0.311 e. The van der Waals surface area contributed by atoms with Gasteiger partial charge in [-0.05, 0) is 19.8 Å². The Labute approximate surface area is 77.6 Å². The summed E-state index contributed by atoms with van der Waals surface area (Å²) in [7, 11) is -0.572. The van der Waals surface area contributed by atoms with E-state index in [4.69, 9.17) is 0 Å². The minimum absolute atomic E-state index is 0.494. The third kappa shape index (κ3) is 3.23. The Hall–Kier alpha value is 0.110. The highest BCUT2D eigenvalue weighted by Gasteiger charge is 2.18. The molecule has 3 unspecified atom stereocenters. The van der Waals surface area contributed by atoms with Crippen LogP contribution in [0.25, 0.3) is 0 Å². The molecule has 0 aromatic rings. The molecule has 1 fully saturated rings. The van der Waals surface area contributed by atoms with Gasteiger partial charge in [0.1, 0.15) is 0 Å². The standard InChI is InChI=1S/C9H19NOS/c1-3-4-9-7-12(11)6-5-8(2)10-9/h8-10H,3-7H2,1-2H3. The third-order valence-corrected chi connectivity index (χ3v) is 3.79. The molecule has 0 aromatic heterocycles. The molecule has 0 aliphatic carbocycles. The molecule has 0 saturated carbocycles. The molecule has 0 radical (unpaired) electrons. The predicted molar refractivity (Wildman–Crippen MR) is 53.8 cm³/mol. The quantitative estimate of drug-likeness (QED) is 0.709. The van der Waals surface area contributed by atoms with E-state index >= 15 is 0 Å². The van der Waals surface area contributed by atoms with Crippen LogP contribution in [0, 0.1) is 0 Å². The Morgan fingerprint density at radius 2 is 2.33 bits per heavy atom. The molecule has 3 heteroatoms. The van der Waals surface area contributed by atoms with Crippen molar-refractivity contribution < 1.29 is 4.21 Å². The zero-order chi connectivity index (χ0) is 8.97. The van der Waals surface area contributed by atoms with Crippen LogP contribution in [-0.2, 0) is 10.8 Å². The third-order valence-electron chi connectivity index (χ3n) is 2.32. The zero-order valence-electron chi connectivity index (χ0n) is 8.01. The molecule has 1 heterocycles. The maximum absolute atomic E-state index is 11.4. The van der Waals surface area contributed by atoms with E-state index in [0.29, 0.717) is 12.1 Å². The minimum atomic E-state index is -0.572. The van der Waals surface area contributed by atoms with Gasteiger partial charge in [0.25, 0.3) is 0 Å². The summed E-state index contributed by atoms with van der Waals surface area (Å²) < 4.78 is 11.4. The summed E-state index contributed by atoms with van der Waals surface area (Å²) in [5.74, 6) is 1.74. The van der Waals surface area contributed by atoms with E-state index in [0.717, 1.165) is 24.3 Å². The van der Waals surface area contributed by atoms with E-state index in [1.54, 1.807) is 0 Å². The van der Waals surface area contributed by atoms with E-state index in [1.807, 2.05) is 0 Å². The molecular weight excluding hydrogens is 170 g/mol. The fourth-order valence-electron chi connectivity index (χ4n) is 1.66. The van der Waals surface area contributed by atoms with Crippen LogP contribution in [-0.4, -0.2) is 27.8 Å². The van der Waals surface area contributed by atoms with Gasteiger partial charge in [-0.1, -0.05) is 13.3 Å². The Morgan fingerprint density at radius 3 is 3.00 bits per heavy atom. The first-order chi connectivity index (χ1) is 5.72. The summed E-state index contributed by atoms with van der Waals surface area (Å²) in [6.07, 6.45) is 3.41. The van der Waals surface area contributed by atoms with Crippen molar-refractivity contribution in [3.05, 3.63) is 0 Å². The summed E-state index contributed by atoms with van der Waals surface area (Å²) in [5.41, 5.74) is 0. The van der Waals surface area contributed by atoms with Gasteiger partial charge in [0.05, 0.1) is 0 Å². The van der Waals surface area contributed by atoms with Crippen LogP contribution >= 0.6 is 0 Å². The Kier molecular flexibility index (Phi) is 4.22. The lowest BCUT2D eigenvalue weighted by Gasteiger charge is -2.17. The Bertz CT molecular complexity index is 161. The van der Waals surface area contributed by atoms with Crippen LogP contribution in [0.15, 0.2) is 0 Å².